The molecule has 62 valence electrons. The summed E-state index contributed by atoms with van der Waals surface area (Å²) in [7, 11) is 0. The number of carbonyl (C=O) groups excluding carboxylic acids is 1. The topological polar surface area (TPSA) is 17.1 Å². The Morgan fingerprint density at radius 1 is 1.45 bits per heavy atom. The first-order valence-corrected chi connectivity index (χ1v) is 4.38. The molecular formula is C10H16O. The van der Waals surface area contributed by atoms with Crippen molar-refractivity contribution in [3.63, 3.8) is 0 Å². The molecule has 0 spiro atoms. The lowest BCUT2D eigenvalue weighted by Crippen LogP contribution is -2.26. The lowest BCUT2D eigenvalue weighted by Gasteiger charge is -2.27. The Kier molecular flexibility index (Phi) is 2.48. The zero-order valence-electron chi connectivity index (χ0n) is 7.50. The lowest BCUT2D eigenvalue weighted by molar-refractivity contribution is -0.120. The fraction of sp³-hybridized carbons (Fsp3) is 0.700. The third-order valence-corrected chi connectivity index (χ3v) is 2.89. The summed E-state index contributed by atoms with van der Waals surface area (Å²) in [5.41, 5.74) is 0. The fourth-order valence-corrected chi connectivity index (χ4v) is 1.68. The molecule has 0 N–H and O–H groups in total. The molecule has 1 aliphatic carbocycles. The molecule has 3 atom stereocenters. The summed E-state index contributed by atoms with van der Waals surface area (Å²) in [5, 5.41) is 0. The molecule has 0 fully saturated rings. The molecule has 0 radical (unpaired) electrons. The largest absolute Gasteiger partial charge is 0.295 e. The summed E-state index contributed by atoms with van der Waals surface area (Å²) >= 11 is 0. The molecule has 0 amide bonds. The smallest absolute Gasteiger partial charge is 0.158 e. The average molecular weight is 152 g/mol. The molecule has 1 rings (SSSR count). The molecule has 0 saturated carbocycles. The van der Waals surface area contributed by atoms with Gasteiger partial charge >= 0.3 is 0 Å². The normalized spacial score (nSPS) is 37.7. The standard InChI is InChI=1S/C10H16O/c1-4-9-5-6-10(11)8(3)7(9)2/h5-9H,4H2,1-3H3. The van der Waals surface area contributed by atoms with Gasteiger partial charge in [-0.1, -0.05) is 26.8 Å². The molecule has 0 aromatic rings. The van der Waals surface area contributed by atoms with E-state index in [0.29, 0.717) is 17.6 Å². The van der Waals surface area contributed by atoms with Crippen LogP contribution in [0.5, 0.6) is 0 Å². The van der Waals surface area contributed by atoms with Gasteiger partial charge in [0.2, 0.25) is 0 Å². The SMILES string of the molecule is CCC1C=CC(=O)C(C)C1C. The van der Waals surface area contributed by atoms with Crippen molar-refractivity contribution in [2.45, 2.75) is 27.2 Å². The Labute approximate surface area is 68.5 Å². The molecule has 0 heterocycles. The molecule has 0 aromatic carbocycles. The van der Waals surface area contributed by atoms with Gasteiger partial charge < -0.3 is 0 Å². The molecule has 0 aliphatic heterocycles. The van der Waals surface area contributed by atoms with Crippen LogP contribution in [0.4, 0.5) is 0 Å². The van der Waals surface area contributed by atoms with E-state index in [4.69, 9.17) is 0 Å². The van der Waals surface area contributed by atoms with Gasteiger partial charge in [0.25, 0.3) is 0 Å². The van der Waals surface area contributed by atoms with E-state index < -0.39 is 0 Å². The number of rotatable bonds is 1. The van der Waals surface area contributed by atoms with E-state index in [1.165, 1.54) is 0 Å². The summed E-state index contributed by atoms with van der Waals surface area (Å²) in [5.74, 6) is 1.66. The number of hydrogen-bond donors (Lipinski definition) is 0. The van der Waals surface area contributed by atoms with Crippen LogP contribution in [0.3, 0.4) is 0 Å². The van der Waals surface area contributed by atoms with Crippen LogP contribution in [-0.2, 0) is 4.79 Å². The first-order valence-electron chi connectivity index (χ1n) is 4.38. The van der Waals surface area contributed by atoms with Crippen molar-refractivity contribution in [3.8, 4) is 0 Å². The minimum atomic E-state index is 0.227. The van der Waals surface area contributed by atoms with E-state index in [1.807, 2.05) is 6.92 Å². The second-order valence-corrected chi connectivity index (χ2v) is 3.48. The molecule has 1 heteroatoms. The first kappa shape index (κ1) is 8.51. The molecular weight excluding hydrogens is 136 g/mol. The Bertz CT molecular complexity index is 181. The van der Waals surface area contributed by atoms with Gasteiger partial charge in [-0.05, 0) is 24.3 Å². The molecule has 1 nitrogen and oxygen atoms in total. The average Bonchev–Trinajstić information content (AvgIpc) is 2.01. The number of carbonyl (C=O) groups is 1. The minimum absolute atomic E-state index is 0.227. The predicted octanol–water partition coefficient (Wildman–Crippen LogP) is 2.42. The lowest BCUT2D eigenvalue weighted by atomic mass is 9.76. The van der Waals surface area contributed by atoms with Crippen molar-refractivity contribution < 1.29 is 4.79 Å². The molecule has 3 unspecified atom stereocenters. The fourth-order valence-electron chi connectivity index (χ4n) is 1.68. The second kappa shape index (κ2) is 3.21. The van der Waals surface area contributed by atoms with E-state index in [0.717, 1.165) is 6.42 Å². The van der Waals surface area contributed by atoms with Crippen LogP contribution in [0.15, 0.2) is 12.2 Å². The summed E-state index contributed by atoms with van der Waals surface area (Å²) in [6, 6.07) is 0. The maximum Gasteiger partial charge on any atom is 0.158 e. The van der Waals surface area contributed by atoms with Gasteiger partial charge in [0.1, 0.15) is 0 Å². The van der Waals surface area contributed by atoms with E-state index in [-0.39, 0.29) is 5.92 Å². The van der Waals surface area contributed by atoms with Crippen LogP contribution < -0.4 is 0 Å². The zero-order chi connectivity index (χ0) is 8.43. The molecule has 0 saturated heterocycles. The van der Waals surface area contributed by atoms with Crippen molar-refractivity contribution >= 4 is 5.78 Å². The van der Waals surface area contributed by atoms with Crippen LogP contribution in [0, 0.1) is 17.8 Å². The maximum absolute atomic E-state index is 11.2. The highest BCUT2D eigenvalue weighted by Gasteiger charge is 2.27. The number of allylic oxidation sites excluding steroid dienone is 2. The summed E-state index contributed by atoms with van der Waals surface area (Å²) in [6.45, 7) is 6.37. The third kappa shape index (κ3) is 1.52. The molecule has 0 aromatic heterocycles. The van der Waals surface area contributed by atoms with Crippen LogP contribution >= 0.6 is 0 Å². The number of hydrogen-bond acceptors (Lipinski definition) is 1. The highest BCUT2D eigenvalue weighted by atomic mass is 16.1. The Hall–Kier alpha value is -0.590. The van der Waals surface area contributed by atoms with Gasteiger partial charge in [-0.3, -0.25) is 4.79 Å². The van der Waals surface area contributed by atoms with Gasteiger partial charge in [-0.15, -0.1) is 0 Å². The quantitative estimate of drug-likeness (QED) is 0.564. The van der Waals surface area contributed by atoms with Crippen molar-refractivity contribution in [1.29, 1.82) is 0 Å². The molecule has 11 heavy (non-hydrogen) atoms. The van der Waals surface area contributed by atoms with Crippen LogP contribution in [0.1, 0.15) is 27.2 Å². The minimum Gasteiger partial charge on any atom is -0.295 e. The Morgan fingerprint density at radius 2 is 2.09 bits per heavy atom. The van der Waals surface area contributed by atoms with Gasteiger partial charge in [0.05, 0.1) is 0 Å². The Morgan fingerprint density at radius 3 is 2.64 bits per heavy atom. The maximum atomic E-state index is 11.2. The van der Waals surface area contributed by atoms with Gasteiger partial charge in [-0.25, -0.2) is 0 Å². The van der Waals surface area contributed by atoms with Gasteiger partial charge in [0, 0.05) is 5.92 Å². The van der Waals surface area contributed by atoms with Crippen molar-refractivity contribution in [2.24, 2.45) is 17.8 Å². The second-order valence-electron chi connectivity index (χ2n) is 3.48. The first-order chi connectivity index (χ1) is 5.16. The summed E-state index contributed by atoms with van der Waals surface area (Å²) in [6.07, 6.45) is 4.96. The highest BCUT2D eigenvalue weighted by Crippen LogP contribution is 2.29. The monoisotopic (exact) mass is 152 g/mol. The van der Waals surface area contributed by atoms with E-state index in [1.54, 1.807) is 6.08 Å². The van der Waals surface area contributed by atoms with Crippen molar-refractivity contribution in [3.05, 3.63) is 12.2 Å². The van der Waals surface area contributed by atoms with E-state index >= 15 is 0 Å². The van der Waals surface area contributed by atoms with Crippen LogP contribution in [0.2, 0.25) is 0 Å². The van der Waals surface area contributed by atoms with Crippen molar-refractivity contribution in [2.75, 3.05) is 0 Å². The predicted molar refractivity (Wildman–Crippen MR) is 46.3 cm³/mol. The van der Waals surface area contributed by atoms with E-state index in [9.17, 15) is 4.79 Å². The van der Waals surface area contributed by atoms with Crippen molar-refractivity contribution in [1.82, 2.24) is 0 Å². The molecule has 1 aliphatic rings. The van der Waals surface area contributed by atoms with Crippen LogP contribution in [0.25, 0.3) is 0 Å². The van der Waals surface area contributed by atoms with Gasteiger partial charge in [0.15, 0.2) is 5.78 Å². The zero-order valence-corrected chi connectivity index (χ0v) is 7.50. The van der Waals surface area contributed by atoms with Gasteiger partial charge in [-0.2, -0.15) is 0 Å². The third-order valence-electron chi connectivity index (χ3n) is 2.89. The number of ketones is 1. The highest BCUT2D eigenvalue weighted by molar-refractivity contribution is 5.92. The summed E-state index contributed by atoms with van der Waals surface area (Å²) < 4.78 is 0. The van der Waals surface area contributed by atoms with Crippen LogP contribution in [-0.4, -0.2) is 5.78 Å². The summed E-state index contributed by atoms with van der Waals surface area (Å²) in [4.78, 5) is 11.2. The Balaban J connectivity index is 2.76. The molecule has 0 bridgehead atoms. The van der Waals surface area contributed by atoms with E-state index in [2.05, 4.69) is 19.9 Å².